The molecule has 0 amide bonds. The molecule has 0 saturated carbocycles. The van der Waals surface area contributed by atoms with Crippen molar-refractivity contribution in [2.75, 3.05) is 20.3 Å². The first-order valence-corrected chi connectivity index (χ1v) is 13.5. The molecule has 34 heavy (non-hydrogen) atoms. The van der Waals surface area contributed by atoms with Crippen molar-refractivity contribution in [3.8, 4) is 0 Å². The van der Waals surface area contributed by atoms with Crippen molar-refractivity contribution in [2.45, 2.75) is 63.4 Å². The summed E-state index contributed by atoms with van der Waals surface area (Å²) in [5.41, 5.74) is 8.97. The lowest BCUT2D eigenvalue weighted by atomic mass is 9.97. The summed E-state index contributed by atoms with van der Waals surface area (Å²) in [5, 5.41) is 16.7. The fraction of sp³-hybridized carbons (Fsp3) is 0.520. The lowest BCUT2D eigenvalue weighted by Gasteiger charge is -2.46. The number of methoxy groups -OCH3 is 1. The highest BCUT2D eigenvalue weighted by Crippen LogP contribution is 2.37. The molecule has 5 atom stereocenters. The van der Waals surface area contributed by atoms with E-state index in [9.17, 15) is 5.11 Å². The third-order valence-corrected chi connectivity index (χ3v) is 11.3. The van der Waals surface area contributed by atoms with Crippen LogP contribution in [-0.2, 0) is 18.6 Å². The molecule has 0 radical (unpaired) electrons. The second kappa shape index (κ2) is 11.5. The fourth-order valence-corrected chi connectivity index (χ4v) is 9.35. The normalized spacial score (nSPS) is 25.5. The van der Waals surface area contributed by atoms with Gasteiger partial charge in [-0.05, 0) is 27.9 Å². The summed E-state index contributed by atoms with van der Waals surface area (Å²) in [5.74, 6) is 0. The van der Waals surface area contributed by atoms with Crippen LogP contribution in [0.1, 0.15) is 27.7 Å². The summed E-state index contributed by atoms with van der Waals surface area (Å²) in [7, 11) is -1.31. The Morgan fingerprint density at radius 2 is 1.62 bits per heavy atom. The Hall–Kier alpha value is -2.23. The van der Waals surface area contributed by atoms with Crippen LogP contribution in [-0.4, -0.2) is 64.4 Å². The van der Waals surface area contributed by atoms with Crippen molar-refractivity contribution in [1.29, 1.82) is 0 Å². The van der Waals surface area contributed by atoms with E-state index in [-0.39, 0.29) is 11.6 Å². The van der Waals surface area contributed by atoms with Crippen LogP contribution in [0.3, 0.4) is 0 Å². The Morgan fingerprint density at radius 1 is 1.06 bits per heavy atom. The lowest BCUT2D eigenvalue weighted by molar-refractivity contribution is -0.267. The topological polar surface area (TPSA) is 106 Å². The van der Waals surface area contributed by atoms with Crippen molar-refractivity contribution < 1.29 is 23.7 Å². The molecule has 1 heterocycles. The van der Waals surface area contributed by atoms with Gasteiger partial charge in [-0.15, -0.1) is 0 Å². The molecule has 1 fully saturated rings. The maximum atomic E-state index is 11.0. The van der Waals surface area contributed by atoms with Crippen molar-refractivity contribution in [2.24, 2.45) is 5.11 Å². The number of nitrogens with zero attached hydrogens (tertiary/aromatic N) is 3. The Balaban J connectivity index is 2.01. The Labute approximate surface area is 202 Å². The quantitative estimate of drug-likeness (QED) is 0.254. The minimum Gasteiger partial charge on any atom is -0.405 e. The standard InChI is InChI=1S/C25H35N3O5Si/c1-6-31-24-21(27-28-26)22(29)23(30-5)20(33-24)17-32-34(25(2,3)4,18-13-9-7-10-14-18)19-15-11-8-12-16-19/h7-16,20-24,29H,6,17H2,1-5H3/t20?,21?,22-,23+,24?/m1/s1. The van der Waals surface area contributed by atoms with Gasteiger partial charge in [0.25, 0.3) is 8.32 Å². The first-order valence-electron chi connectivity index (χ1n) is 11.6. The first-order chi connectivity index (χ1) is 16.3. The molecule has 0 aromatic heterocycles. The molecule has 2 aromatic rings. The van der Waals surface area contributed by atoms with Crippen LogP contribution < -0.4 is 10.4 Å². The van der Waals surface area contributed by atoms with Crippen LogP contribution in [0.2, 0.25) is 5.04 Å². The molecule has 8 nitrogen and oxygen atoms in total. The predicted octanol–water partition coefficient (Wildman–Crippen LogP) is 3.38. The molecular formula is C25H35N3O5Si. The zero-order chi connectivity index (χ0) is 24.8. The highest BCUT2D eigenvalue weighted by atomic mass is 28.4. The van der Waals surface area contributed by atoms with Crippen LogP contribution >= 0.6 is 0 Å². The average Bonchev–Trinajstić information content (AvgIpc) is 2.82. The predicted molar refractivity (Wildman–Crippen MR) is 134 cm³/mol. The van der Waals surface area contributed by atoms with Crippen molar-refractivity contribution in [3.63, 3.8) is 0 Å². The molecule has 9 heteroatoms. The van der Waals surface area contributed by atoms with Gasteiger partial charge in [0.2, 0.25) is 0 Å². The monoisotopic (exact) mass is 485 g/mol. The summed E-state index contributed by atoms with van der Waals surface area (Å²) in [6.07, 6.45) is -3.36. The molecular weight excluding hydrogens is 450 g/mol. The van der Waals surface area contributed by atoms with Gasteiger partial charge >= 0.3 is 0 Å². The molecule has 0 aliphatic carbocycles. The van der Waals surface area contributed by atoms with E-state index in [1.165, 1.54) is 7.11 Å². The number of ether oxygens (including phenoxy) is 3. The van der Waals surface area contributed by atoms with Gasteiger partial charge in [0.05, 0.1) is 12.7 Å². The number of rotatable bonds is 9. The fourth-order valence-electron chi connectivity index (χ4n) is 4.78. The van der Waals surface area contributed by atoms with E-state index in [1.54, 1.807) is 0 Å². The number of hydrogen-bond acceptors (Lipinski definition) is 6. The molecule has 1 aliphatic heterocycles. The molecule has 0 bridgehead atoms. The van der Waals surface area contributed by atoms with Gasteiger partial charge in [-0.25, -0.2) is 0 Å². The van der Waals surface area contributed by atoms with Crippen LogP contribution in [0.15, 0.2) is 65.8 Å². The lowest BCUT2D eigenvalue weighted by Crippen LogP contribution is -2.68. The summed E-state index contributed by atoms with van der Waals surface area (Å²) >= 11 is 0. The minimum absolute atomic E-state index is 0.176. The minimum atomic E-state index is -2.81. The average molecular weight is 486 g/mol. The molecule has 3 unspecified atom stereocenters. The molecule has 0 spiro atoms. The van der Waals surface area contributed by atoms with E-state index in [4.69, 9.17) is 24.2 Å². The maximum Gasteiger partial charge on any atom is 0.261 e. The number of azide groups is 1. The zero-order valence-corrected chi connectivity index (χ0v) is 21.5. The summed E-state index contributed by atoms with van der Waals surface area (Å²) in [4.78, 5) is 2.86. The van der Waals surface area contributed by atoms with Crippen LogP contribution in [0, 0.1) is 0 Å². The summed E-state index contributed by atoms with van der Waals surface area (Å²) < 4.78 is 24.4. The third-order valence-electron chi connectivity index (χ3n) is 6.31. The van der Waals surface area contributed by atoms with Crippen molar-refractivity contribution >= 4 is 18.7 Å². The van der Waals surface area contributed by atoms with Gasteiger partial charge in [-0.2, -0.15) is 0 Å². The molecule has 2 aromatic carbocycles. The number of aliphatic hydroxyl groups excluding tert-OH is 1. The Bertz CT molecular complexity index is 909. The van der Waals surface area contributed by atoms with E-state index < -0.39 is 39.0 Å². The molecule has 184 valence electrons. The number of aliphatic hydroxyl groups is 1. The number of hydrogen-bond donors (Lipinski definition) is 1. The van der Waals surface area contributed by atoms with E-state index >= 15 is 0 Å². The van der Waals surface area contributed by atoms with Crippen LogP contribution in [0.5, 0.6) is 0 Å². The largest absolute Gasteiger partial charge is 0.405 e. The van der Waals surface area contributed by atoms with Gasteiger partial charge in [-0.3, -0.25) is 0 Å². The van der Waals surface area contributed by atoms with Gasteiger partial charge in [-0.1, -0.05) is 86.5 Å². The third kappa shape index (κ3) is 5.21. The SMILES string of the molecule is CCOC1OC(CO[Si](c2ccccc2)(c2ccccc2)C(C)(C)C)[C@H](OC)[C@H](O)C1N=[N+]=[N-]. The molecule has 1 N–H and O–H groups in total. The van der Waals surface area contributed by atoms with Gasteiger partial charge in [0.15, 0.2) is 6.29 Å². The number of benzene rings is 2. The van der Waals surface area contributed by atoms with E-state index in [0.717, 1.165) is 10.4 Å². The highest BCUT2D eigenvalue weighted by Gasteiger charge is 2.52. The maximum absolute atomic E-state index is 11.0. The Morgan fingerprint density at radius 3 is 2.06 bits per heavy atom. The van der Waals surface area contributed by atoms with Crippen LogP contribution in [0.25, 0.3) is 10.4 Å². The second-order valence-electron chi connectivity index (χ2n) is 9.36. The van der Waals surface area contributed by atoms with E-state index in [2.05, 4.69) is 55.1 Å². The summed E-state index contributed by atoms with van der Waals surface area (Å²) in [6.45, 7) is 8.93. The smallest absolute Gasteiger partial charge is 0.261 e. The Kier molecular flexibility index (Phi) is 8.89. The highest BCUT2D eigenvalue weighted by molar-refractivity contribution is 6.99. The molecule has 1 aliphatic rings. The van der Waals surface area contributed by atoms with Gasteiger partial charge < -0.3 is 23.7 Å². The van der Waals surface area contributed by atoms with Gasteiger partial charge in [0.1, 0.15) is 18.2 Å². The van der Waals surface area contributed by atoms with Crippen molar-refractivity contribution in [3.05, 3.63) is 71.1 Å². The van der Waals surface area contributed by atoms with E-state index in [1.807, 2.05) is 43.3 Å². The first kappa shape index (κ1) is 26.4. The van der Waals surface area contributed by atoms with Crippen molar-refractivity contribution in [1.82, 2.24) is 0 Å². The van der Waals surface area contributed by atoms with Gasteiger partial charge in [0, 0.05) is 18.6 Å². The second-order valence-corrected chi connectivity index (χ2v) is 13.7. The molecule has 1 saturated heterocycles. The van der Waals surface area contributed by atoms with E-state index in [0.29, 0.717) is 6.61 Å². The summed E-state index contributed by atoms with van der Waals surface area (Å²) in [6, 6.07) is 19.7. The zero-order valence-electron chi connectivity index (χ0n) is 20.5. The van der Waals surface area contributed by atoms with Crippen LogP contribution in [0.4, 0.5) is 0 Å². The molecule has 3 rings (SSSR count).